The maximum Gasteiger partial charge on any atom is 0.177 e. The number of rotatable bonds is 22. The van der Waals surface area contributed by atoms with E-state index < -0.39 is 18.0 Å². The Morgan fingerprint density at radius 3 is 1.39 bits per heavy atom. The van der Waals surface area contributed by atoms with E-state index in [1.165, 1.54) is 83.5 Å². The van der Waals surface area contributed by atoms with Gasteiger partial charge in [0.2, 0.25) is 0 Å². The number of aliphatic hydroxyl groups is 1. The molecule has 0 fully saturated rings. The molecule has 1 atom stereocenters. The highest BCUT2D eigenvalue weighted by Crippen LogP contribution is 2.20. The van der Waals surface area contributed by atoms with Crippen molar-refractivity contribution in [3.63, 3.8) is 0 Å². The molecule has 0 rings (SSSR count). The summed E-state index contributed by atoms with van der Waals surface area (Å²) in [6.07, 6.45) is 19.9. The standard InChI is InChI=1S/C26H51NO4/c1-5-6-7-8-9-10-11-12-13-14-15-16-17-18-19-20-21-24(28)26(31,22-25(29)30)23-27(2,3)4/h31H,5-23H2,1-4H3. The van der Waals surface area contributed by atoms with Crippen LogP contribution in [0.1, 0.15) is 122 Å². The van der Waals surface area contributed by atoms with Crippen LogP contribution in [0.4, 0.5) is 0 Å². The topological polar surface area (TPSA) is 77.4 Å². The van der Waals surface area contributed by atoms with Gasteiger partial charge in [-0.3, -0.25) is 4.79 Å². The number of quaternary nitrogens is 1. The summed E-state index contributed by atoms with van der Waals surface area (Å²) in [6, 6.07) is 0. The summed E-state index contributed by atoms with van der Waals surface area (Å²) < 4.78 is 0.328. The zero-order chi connectivity index (χ0) is 23.6. The molecule has 0 aromatic rings. The van der Waals surface area contributed by atoms with E-state index in [-0.39, 0.29) is 18.7 Å². The van der Waals surface area contributed by atoms with E-state index >= 15 is 0 Å². The number of hydrogen-bond acceptors (Lipinski definition) is 4. The first kappa shape index (κ1) is 30.1. The van der Waals surface area contributed by atoms with Gasteiger partial charge in [-0.15, -0.1) is 0 Å². The molecule has 0 saturated heterocycles. The average molecular weight is 442 g/mol. The number of likely N-dealkylation sites (N-methyl/N-ethyl adjacent to an activating group) is 1. The number of carboxylic acid groups (broad SMARTS) is 1. The number of carbonyl (C=O) groups is 2. The highest BCUT2D eigenvalue weighted by Gasteiger charge is 2.40. The zero-order valence-electron chi connectivity index (χ0n) is 21.1. The Labute approximate surface area is 192 Å². The SMILES string of the molecule is CCCCCCCCCCCCCCCCCCC(=O)C(O)(CC(=O)[O-])C[N+](C)(C)C. The van der Waals surface area contributed by atoms with E-state index in [1.807, 2.05) is 21.1 Å². The molecule has 5 heteroatoms. The minimum Gasteiger partial charge on any atom is -0.550 e. The van der Waals surface area contributed by atoms with E-state index in [9.17, 15) is 19.8 Å². The van der Waals surface area contributed by atoms with Crippen LogP contribution in [0.25, 0.3) is 0 Å². The Balaban J connectivity index is 3.70. The molecule has 5 nitrogen and oxygen atoms in total. The third-order valence-corrected chi connectivity index (χ3v) is 5.95. The molecule has 1 N–H and O–H groups in total. The van der Waals surface area contributed by atoms with Crippen LogP contribution in [0, 0.1) is 0 Å². The van der Waals surface area contributed by atoms with Crippen LogP contribution >= 0.6 is 0 Å². The summed E-state index contributed by atoms with van der Waals surface area (Å²) in [6.45, 7) is 2.34. The van der Waals surface area contributed by atoms with Crippen LogP contribution in [-0.4, -0.2) is 54.6 Å². The first-order chi connectivity index (χ1) is 14.6. The van der Waals surface area contributed by atoms with Crippen molar-refractivity contribution in [1.82, 2.24) is 0 Å². The van der Waals surface area contributed by atoms with Gasteiger partial charge in [0.25, 0.3) is 0 Å². The minimum absolute atomic E-state index is 0.0820. The van der Waals surface area contributed by atoms with E-state index in [4.69, 9.17) is 0 Å². The molecule has 0 aliphatic rings. The molecule has 184 valence electrons. The van der Waals surface area contributed by atoms with Crippen LogP contribution in [0.15, 0.2) is 0 Å². The van der Waals surface area contributed by atoms with Crippen molar-refractivity contribution in [3.8, 4) is 0 Å². The van der Waals surface area contributed by atoms with Gasteiger partial charge in [0.05, 0.1) is 21.1 Å². The first-order valence-corrected chi connectivity index (χ1v) is 12.9. The minimum atomic E-state index is -1.83. The van der Waals surface area contributed by atoms with Crippen molar-refractivity contribution in [2.24, 2.45) is 0 Å². The first-order valence-electron chi connectivity index (χ1n) is 12.9. The van der Waals surface area contributed by atoms with Gasteiger partial charge in [-0.2, -0.15) is 0 Å². The number of nitrogens with zero attached hydrogens (tertiary/aromatic N) is 1. The third-order valence-electron chi connectivity index (χ3n) is 5.95. The van der Waals surface area contributed by atoms with Crippen molar-refractivity contribution in [3.05, 3.63) is 0 Å². The molecule has 0 bridgehead atoms. The molecule has 0 spiro atoms. The summed E-state index contributed by atoms with van der Waals surface area (Å²) in [5.41, 5.74) is -1.83. The Hall–Kier alpha value is -0.940. The predicted molar refractivity (Wildman–Crippen MR) is 127 cm³/mol. The van der Waals surface area contributed by atoms with Crippen LogP contribution in [0.3, 0.4) is 0 Å². The molecule has 0 aromatic carbocycles. The number of ketones is 1. The molecule has 0 saturated carbocycles. The number of carboxylic acids is 1. The summed E-state index contributed by atoms with van der Waals surface area (Å²) in [5, 5.41) is 21.6. The summed E-state index contributed by atoms with van der Waals surface area (Å²) in [4.78, 5) is 23.5. The zero-order valence-corrected chi connectivity index (χ0v) is 21.1. The second kappa shape index (κ2) is 17.6. The molecule has 0 radical (unpaired) electrons. The Kier molecular flexibility index (Phi) is 17.1. The van der Waals surface area contributed by atoms with E-state index in [0.29, 0.717) is 10.9 Å². The van der Waals surface area contributed by atoms with Gasteiger partial charge < -0.3 is 19.5 Å². The largest absolute Gasteiger partial charge is 0.550 e. The van der Waals surface area contributed by atoms with Gasteiger partial charge in [-0.05, 0) is 6.42 Å². The van der Waals surface area contributed by atoms with Crippen molar-refractivity contribution >= 4 is 11.8 Å². The van der Waals surface area contributed by atoms with Crippen LogP contribution in [0.5, 0.6) is 0 Å². The fraction of sp³-hybridized carbons (Fsp3) is 0.923. The van der Waals surface area contributed by atoms with Gasteiger partial charge in [0.15, 0.2) is 11.4 Å². The molecule has 0 amide bonds. The van der Waals surface area contributed by atoms with Crippen molar-refractivity contribution in [2.45, 2.75) is 128 Å². The van der Waals surface area contributed by atoms with Gasteiger partial charge in [0, 0.05) is 18.8 Å². The maximum atomic E-state index is 12.5. The van der Waals surface area contributed by atoms with Gasteiger partial charge >= 0.3 is 0 Å². The normalized spacial score (nSPS) is 13.8. The number of carbonyl (C=O) groups excluding carboxylic acids is 2. The van der Waals surface area contributed by atoms with Gasteiger partial charge in [-0.1, -0.05) is 103 Å². The van der Waals surface area contributed by atoms with Crippen LogP contribution < -0.4 is 5.11 Å². The lowest BCUT2D eigenvalue weighted by Crippen LogP contribution is -2.56. The number of hydrogen-bond donors (Lipinski definition) is 1. The van der Waals surface area contributed by atoms with Crippen molar-refractivity contribution in [1.29, 1.82) is 0 Å². The Morgan fingerprint density at radius 1 is 0.710 bits per heavy atom. The monoisotopic (exact) mass is 441 g/mol. The molecule has 0 aliphatic heterocycles. The van der Waals surface area contributed by atoms with E-state index in [0.717, 1.165) is 12.8 Å². The number of aliphatic carboxylic acids is 1. The summed E-state index contributed by atoms with van der Waals surface area (Å²) in [7, 11) is 5.51. The second-order valence-corrected chi connectivity index (χ2v) is 10.5. The molecule has 31 heavy (non-hydrogen) atoms. The lowest BCUT2D eigenvalue weighted by atomic mass is 9.89. The fourth-order valence-corrected chi connectivity index (χ4v) is 4.33. The molecule has 1 unspecified atom stereocenters. The van der Waals surface area contributed by atoms with Crippen molar-refractivity contribution in [2.75, 3.05) is 27.7 Å². The second-order valence-electron chi connectivity index (χ2n) is 10.5. The molecule has 0 aromatic heterocycles. The molecule has 0 heterocycles. The Morgan fingerprint density at radius 2 is 1.06 bits per heavy atom. The van der Waals surface area contributed by atoms with Crippen molar-refractivity contribution < 1.29 is 24.3 Å². The number of unbranched alkanes of at least 4 members (excludes halogenated alkanes) is 15. The third kappa shape index (κ3) is 18.3. The molecular formula is C26H51NO4. The summed E-state index contributed by atoms with van der Waals surface area (Å²) in [5.74, 6) is -1.74. The lowest BCUT2D eigenvalue weighted by molar-refractivity contribution is -0.875. The summed E-state index contributed by atoms with van der Waals surface area (Å²) >= 11 is 0. The van der Waals surface area contributed by atoms with Gasteiger partial charge in [-0.25, -0.2) is 0 Å². The molecule has 0 aliphatic carbocycles. The maximum absolute atomic E-state index is 12.5. The van der Waals surface area contributed by atoms with E-state index in [2.05, 4.69) is 6.92 Å². The number of Topliss-reactive ketones (excluding diaryl/α,β-unsaturated/α-hetero) is 1. The van der Waals surface area contributed by atoms with Gasteiger partial charge in [0.1, 0.15) is 6.54 Å². The van der Waals surface area contributed by atoms with Crippen LogP contribution in [-0.2, 0) is 9.59 Å². The smallest absolute Gasteiger partial charge is 0.177 e. The average Bonchev–Trinajstić information content (AvgIpc) is 2.65. The lowest BCUT2D eigenvalue weighted by Gasteiger charge is -2.34. The van der Waals surface area contributed by atoms with Crippen LogP contribution in [0.2, 0.25) is 0 Å². The highest BCUT2D eigenvalue weighted by molar-refractivity contribution is 5.90. The quantitative estimate of drug-likeness (QED) is 0.194. The molecular weight excluding hydrogens is 390 g/mol. The fourth-order valence-electron chi connectivity index (χ4n) is 4.33. The Bertz CT molecular complexity index is 473. The highest BCUT2D eigenvalue weighted by atomic mass is 16.4. The van der Waals surface area contributed by atoms with E-state index in [1.54, 1.807) is 0 Å². The predicted octanol–water partition coefficient (Wildman–Crippen LogP) is 4.78.